The summed E-state index contributed by atoms with van der Waals surface area (Å²) in [5, 5.41) is 2.55. The lowest BCUT2D eigenvalue weighted by molar-refractivity contribution is 0.0955. The van der Waals surface area contributed by atoms with Crippen LogP contribution >= 0.6 is 0 Å². The molecule has 0 saturated heterocycles. The molecule has 0 unspecified atom stereocenters. The Balaban J connectivity index is -0.000000308. The summed E-state index contributed by atoms with van der Waals surface area (Å²) in [6.45, 7) is 38.3. The zero-order chi connectivity index (χ0) is 76.8. The Hall–Kier alpha value is -10.1. The number of nitrogens with zero attached hydrogens (tertiary/aromatic N) is 7. The monoisotopic (exact) mass is 1380 g/mol. The predicted octanol–water partition coefficient (Wildman–Crippen LogP) is 18.4. The second-order valence-electron chi connectivity index (χ2n) is 19.2. The van der Waals surface area contributed by atoms with Gasteiger partial charge < -0.3 is 41.1 Å². The van der Waals surface area contributed by atoms with Crippen molar-refractivity contribution in [3.63, 3.8) is 0 Å². The van der Waals surface area contributed by atoms with E-state index in [1.165, 1.54) is 0 Å². The SMILES string of the molecule is CC.CC.CC.CC.CC.CC.CC.CC.CC.CN(C)Cc1nccn1-c1cccc(CC(=O)c2cccc(C#CCCN)c2)c1.CNC(=O)c1cn(-c2cccc(CC(=O)c3cccc(C#CCCN)c3)c2)cn1.NCCC#Cc1cccc(C(=O)Cc2cccc(-n3ccnc3)c2)c1.[3HH].[3HH].[3HH]. The minimum Gasteiger partial charge on any atom is -0.354 e. The van der Waals surface area contributed by atoms with Crippen molar-refractivity contribution in [1.29, 1.82) is 0 Å². The number of nitrogens with two attached hydrogens (primary N) is 3. The van der Waals surface area contributed by atoms with E-state index in [9.17, 15) is 19.2 Å². The van der Waals surface area contributed by atoms with E-state index in [4.69, 9.17) is 17.2 Å². The van der Waals surface area contributed by atoms with E-state index < -0.39 is 0 Å². The van der Waals surface area contributed by atoms with Crippen molar-refractivity contribution in [3.05, 3.63) is 251 Å². The standard InChI is InChI=1S/C24H26N4O.C23H22N4O2.C21H19N3O.9C2H6.3H2/c1-27(2)18-24-26-13-14-28(24)22-11-6-9-20(16-22)17-23(29)21-10-5-8-19(15-21)7-3-4-12-25;1-25-23(29)21-15-27(16-26-21)20-10-5-8-18(13-20)14-22(28)19-9-4-7-17(12-19)6-2-3-11-24;22-10-2-1-5-17-6-3-8-19(13-17)21(25)15-18-7-4-9-20(14-18)24-12-11-23-16-24;9*1-2;;;/h5-6,8-11,13-16H,4,12,17-18,25H2,1-2H3;4-5,7-10,12-13,15-16H,3,11,14,24H2,1H3,(H,25,29);3-4,6-9,11-14,16H,2,10,15,22H2;9*1-2H3;3*1H/i;;;;;;;;;;;;3*1+2. The highest BCUT2D eigenvalue weighted by Gasteiger charge is 2.14. The summed E-state index contributed by atoms with van der Waals surface area (Å²) >= 11 is 0. The van der Waals surface area contributed by atoms with E-state index >= 15 is 0 Å². The Labute approximate surface area is 613 Å². The maximum atomic E-state index is 12.8. The third-order valence-electron chi connectivity index (χ3n) is 12.5. The molecule has 6 aromatic carbocycles. The van der Waals surface area contributed by atoms with E-state index in [1.54, 1.807) is 55.0 Å². The van der Waals surface area contributed by atoms with E-state index in [1.807, 2.05) is 289 Å². The molecular formula is C86H127N11O4. The fourth-order valence-corrected chi connectivity index (χ4v) is 8.44. The average Bonchev–Trinajstić information content (AvgIpc) is 1.64. The summed E-state index contributed by atoms with van der Waals surface area (Å²) < 4.78 is 5.73. The number of carbonyl (C=O) groups is 4. The third-order valence-corrected chi connectivity index (χ3v) is 12.5. The molecular weight excluding hydrogens is 1250 g/mol. The minimum atomic E-state index is -0.246. The third kappa shape index (κ3) is 37.1. The summed E-state index contributed by atoms with van der Waals surface area (Å²) in [5.41, 5.74) is 26.8. The molecule has 0 saturated carbocycles. The van der Waals surface area contributed by atoms with Crippen molar-refractivity contribution in [2.24, 2.45) is 17.2 Å². The van der Waals surface area contributed by atoms with Crippen LogP contribution < -0.4 is 22.5 Å². The Morgan fingerprint density at radius 1 is 0.446 bits per heavy atom. The van der Waals surface area contributed by atoms with Gasteiger partial charge in [-0.2, -0.15) is 0 Å². The van der Waals surface area contributed by atoms with E-state index in [0.717, 1.165) is 62.8 Å². The number of hydrogen-bond donors (Lipinski definition) is 4. The maximum absolute atomic E-state index is 12.8. The summed E-state index contributed by atoms with van der Waals surface area (Å²) in [7, 11) is 5.59. The number of carbonyl (C=O) groups excluding carboxylic acids is 4. The number of benzene rings is 6. The van der Waals surface area contributed by atoms with E-state index in [-0.39, 0.29) is 34.0 Å². The van der Waals surface area contributed by atoms with Crippen LogP contribution in [0.15, 0.2) is 189 Å². The van der Waals surface area contributed by atoms with Crippen LogP contribution in [0.25, 0.3) is 17.1 Å². The van der Waals surface area contributed by atoms with Crippen LogP contribution in [0.2, 0.25) is 0 Å². The molecule has 0 aliphatic carbocycles. The first kappa shape index (κ1) is 95.1. The van der Waals surface area contributed by atoms with Crippen molar-refractivity contribution in [2.75, 3.05) is 40.8 Å². The Kier molecular flexibility index (Phi) is 58.6. The van der Waals surface area contributed by atoms with Gasteiger partial charge in [-0.3, -0.25) is 19.2 Å². The molecule has 15 heteroatoms. The first-order valence-electron chi connectivity index (χ1n) is 36.1. The number of rotatable bonds is 18. The topological polar surface area (TPSA) is 215 Å². The van der Waals surface area contributed by atoms with Crippen LogP contribution in [0.1, 0.15) is 229 Å². The molecule has 0 aliphatic heterocycles. The van der Waals surface area contributed by atoms with Crippen molar-refractivity contribution in [3.8, 4) is 52.6 Å². The van der Waals surface area contributed by atoms with Crippen LogP contribution in [-0.4, -0.2) is 97.6 Å². The molecule has 0 aliphatic rings. The van der Waals surface area contributed by atoms with Crippen molar-refractivity contribution in [1.82, 2.24) is 38.9 Å². The van der Waals surface area contributed by atoms with Gasteiger partial charge in [0.15, 0.2) is 17.3 Å². The van der Waals surface area contributed by atoms with Gasteiger partial charge in [-0.25, -0.2) is 15.0 Å². The first-order chi connectivity index (χ1) is 49.4. The second-order valence-corrected chi connectivity index (χ2v) is 19.2. The van der Waals surface area contributed by atoms with Crippen LogP contribution in [0.5, 0.6) is 0 Å². The Bertz CT molecular complexity index is 3860. The number of ketones is 3. The van der Waals surface area contributed by atoms with Gasteiger partial charge in [0.2, 0.25) is 0 Å². The molecule has 101 heavy (non-hydrogen) atoms. The molecule has 0 radical (unpaired) electrons. The fourth-order valence-electron chi connectivity index (χ4n) is 8.44. The molecule has 0 atom stereocenters. The molecule has 1 amide bonds. The molecule has 15 nitrogen and oxygen atoms in total. The summed E-state index contributed by atoms with van der Waals surface area (Å²) in [4.78, 5) is 64.5. The molecule has 0 spiro atoms. The molecule has 7 N–H and O–H groups in total. The van der Waals surface area contributed by atoms with Gasteiger partial charge in [0.25, 0.3) is 5.91 Å². The van der Waals surface area contributed by atoms with Crippen molar-refractivity contribution < 1.29 is 23.5 Å². The second kappa shape index (κ2) is 62.2. The van der Waals surface area contributed by atoms with Gasteiger partial charge in [0.1, 0.15) is 17.8 Å². The van der Waals surface area contributed by atoms with Gasteiger partial charge in [0.05, 0.1) is 12.9 Å². The molecule has 0 bridgehead atoms. The quantitative estimate of drug-likeness (QED) is 0.0468. The lowest BCUT2D eigenvalue weighted by atomic mass is 10.0. The molecule has 3 aromatic heterocycles. The first-order valence-corrected chi connectivity index (χ1v) is 36.1. The predicted molar refractivity (Wildman–Crippen MR) is 435 cm³/mol. The molecule has 0 fully saturated rings. The van der Waals surface area contributed by atoms with E-state index in [0.29, 0.717) is 74.1 Å². The Morgan fingerprint density at radius 3 is 1.17 bits per heavy atom. The van der Waals surface area contributed by atoms with Gasteiger partial charge in [-0.1, -0.05) is 233 Å². The van der Waals surface area contributed by atoms with Gasteiger partial charge in [-0.15, -0.1) is 0 Å². The van der Waals surface area contributed by atoms with Crippen LogP contribution in [0.4, 0.5) is 0 Å². The number of imidazole rings is 3. The van der Waals surface area contributed by atoms with Crippen molar-refractivity contribution >= 4 is 23.3 Å². The summed E-state index contributed by atoms with van der Waals surface area (Å²) in [6.07, 6.45) is 15.2. The zero-order valence-corrected chi connectivity index (χ0v) is 65.0. The Morgan fingerprint density at radius 2 is 0.812 bits per heavy atom. The molecule has 3 heterocycles. The number of hydrogen-bond acceptors (Lipinski definition) is 11. The largest absolute Gasteiger partial charge is 0.354 e. The van der Waals surface area contributed by atoms with Gasteiger partial charge >= 0.3 is 0 Å². The van der Waals surface area contributed by atoms with Crippen LogP contribution in [0.3, 0.4) is 0 Å². The molecule has 9 aromatic rings. The van der Waals surface area contributed by atoms with Gasteiger partial charge in [0, 0.05) is 151 Å². The highest BCUT2D eigenvalue weighted by Crippen LogP contribution is 2.19. The number of nitrogens with one attached hydrogen (secondary N) is 1. The summed E-state index contributed by atoms with van der Waals surface area (Å²) in [5.74, 6) is 19.0. The van der Waals surface area contributed by atoms with Crippen molar-refractivity contribution in [2.45, 2.75) is 170 Å². The van der Waals surface area contributed by atoms with Crippen LogP contribution in [0, 0.1) is 35.5 Å². The van der Waals surface area contributed by atoms with E-state index in [2.05, 4.69) is 65.3 Å². The number of amides is 1. The zero-order valence-electron chi connectivity index (χ0n) is 65.0. The number of aromatic nitrogens is 6. The highest BCUT2D eigenvalue weighted by atomic mass is 16.2. The van der Waals surface area contributed by atoms with Gasteiger partial charge in [-0.05, 0) is 104 Å². The fraction of sp³-hybridized carbons (Fsp3) is 0.360. The lowest BCUT2D eigenvalue weighted by Crippen LogP contribution is -2.17. The highest BCUT2D eigenvalue weighted by molar-refractivity contribution is 5.99. The maximum Gasteiger partial charge on any atom is 0.271 e. The molecule has 550 valence electrons. The average molecular weight is 1390 g/mol. The minimum absolute atomic E-state index is 0. The lowest BCUT2D eigenvalue weighted by Gasteiger charge is -2.13. The van der Waals surface area contributed by atoms with Crippen LogP contribution in [-0.2, 0) is 25.8 Å². The summed E-state index contributed by atoms with van der Waals surface area (Å²) in [6, 6.07) is 45.8. The molecule has 9 rings (SSSR count). The number of Topliss-reactive ketones (excluding diaryl/α,β-unsaturated/α-hetero) is 3. The normalized spacial score (nSPS) is 9.00. The smallest absolute Gasteiger partial charge is 0.271 e.